The molecule has 2 unspecified atom stereocenters. The minimum atomic E-state index is 0.00241. The lowest BCUT2D eigenvalue weighted by molar-refractivity contribution is 0.144. The van der Waals surface area contributed by atoms with Crippen molar-refractivity contribution < 1.29 is 9.53 Å². The molecule has 2 atom stereocenters. The molecule has 0 radical (unpaired) electrons. The molecule has 2 N–H and O–H groups in total. The highest BCUT2D eigenvalue weighted by Gasteiger charge is 2.31. The summed E-state index contributed by atoms with van der Waals surface area (Å²) in [6.45, 7) is 1.42. The maximum absolute atomic E-state index is 12.9. The number of para-hydroxylation sites is 1. The minimum absolute atomic E-state index is 0.00241. The number of nitrogens with zero attached hydrogens (tertiary/aromatic N) is 2. The molecule has 2 aliphatic rings. The van der Waals surface area contributed by atoms with Crippen LogP contribution in [-0.2, 0) is 0 Å². The van der Waals surface area contributed by atoms with E-state index in [4.69, 9.17) is 4.74 Å². The molecule has 1 aromatic carbocycles. The van der Waals surface area contributed by atoms with Crippen molar-refractivity contribution in [1.29, 1.82) is 0 Å². The molecule has 1 aromatic heterocycles. The number of benzene rings is 1. The number of piperidine rings is 1. The van der Waals surface area contributed by atoms with Crippen molar-refractivity contribution in [2.45, 2.75) is 37.8 Å². The third-order valence-electron chi connectivity index (χ3n) is 4.92. The molecule has 0 saturated carbocycles. The number of likely N-dealkylation sites (tertiary alicyclic amines) is 1. The van der Waals surface area contributed by atoms with Crippen LogP contribution in [0.25, 0.3) is 0 Å². The van der Waals surface area contributed by atoms with E-state index in [9.17, 15) is 4.79 Å². The largest absolute Gasteiger partial charge is 0.493 e. The molecule has 2 aromatic rings. The molecule has 2 aliphatic heterocycles. The lowest BCUT2D eigenvalue weighted by atomic mass is 9.97. The predicted molar refractivity (Wildman–Crippen MR) is 89.7 cm³/mol. The number of rotatable bonds is 2. The van der Waals surface area contributed by atoms with Crippen molar-refractivity contribution in [2.24, 2.45) is 0 Å². The Hall–Kier alpha value is -2.50. The first-order valence-corrected chi connectivity index (χ1v) is 8.60. The summed E-state index contributed by atoms with van der Waals surface area (Å²) < 4.78 is 5.68. The summed E-state index contributed by atoms with van der Waals surface area (Å²) in [5.41, 5.74) is 2.14. The Labute approximate surface area is 141 Å². The van der Waals surface area contributed by atoms with Gasteiger partial charge >= 0.3 is 6.03 Å². The molecule has 0 spiro atoms. The zero-order chi connectivity index (χ0) is 16.4. The number of carbonyl (C=O) groups is 1. The number of aromatic amines is 1. The summed E-state index contributed by atoms with van der Waals surface area (Å²) >= 11 is 0. The van der Waals surface area contributed by atoms with Crippen LogP contribution in [0.15, 0.2) is 36.7 Å². The smallest absolute Gasteiger partial charge is 0.318 e. The van der Waals surface area contributed by atoms with Gasteiger partial charge in [-0.1, -0.05) is 18.2 Å². The zero-order valence-electron chi connectivity index (χ0n) is 13.6. The highest BCUT2D eigenvalue weighted by Crippen LogP contribution is 2.34. The van der Waals surface area contributed by atoms with E-state index in [-0.39, 0.29) is 18.1 Å². The highest BCUT2D eigenvalue weighted by molar-refractivity contribution is 5.75. The van der Waals surface area contributed by atoms with E-state index in [2.05, 4.69) is 15.5 Å². The van der Waals surface area contributed by atoms with Gasteiger partial charge in [-0.05, 0) is 25.3 Å². The molecular weight excluding hydrogens is 304 g/mol. The fourth-order valence-electron chi connectivity index (χ4n) is 3.69. The molecule has 1 saturated heterocycles. The molecule has 6 nitrogen and oxygen atoms in total. The minimum Gasteiger partial charge on any atom is -0.493 e. The molecular formula is C18H22N4O2. The Morgan fingerprint density at radius 3 is 3.08 bits per heavy atom. The maximum Gasteiger partial charge on any atom is 0.318 e. The molecule has 1 fully saturated rings. The van der Waals surface area contributed by atoms with Gasteiger partial charge in [0.25, 0.3) is 0 Å². The summed E-state index contributed by atoms with van der Waals surface area (Å²) in [5, 5.41) is 10.1. The van der Waals surface area contributed by atoms with Crippen molar-refractivity contribution in [3.8, 4) is 5.75 Å². The van der Waals surface area contributed by atoms with E-state index in [0.717, 1.165) is 49.1 Å². The molecule has 0 aliphatic carbocycles. The molecule has 24 heavy (non-hydrogen) atoms. The lowest BCUT2D eigenvalue weighted by Crippen LogP contribution is -2.46. The highest BCUT2D eigenvalue weighted by atomic mass is 16.5. The number of H-pyrrole nitrogens is 1. The van der Waals surface area contributed by atoms with Crippen molar-refractivity contribution in [2.75, 3.05) is 13.2 Å². The van der Waals surface area contributed by atoms with E-state index in [1.54, 1.807) is 0 Å². The summed E-state index contributed by atoms with van der Waals surface area (Å²) in [7, 11) is 0. The summed E-state index contributed by atoms with van der Waals surface area (Å²) in [6, 6.07) is 8.06. The normalized spacial score (nSPS) is 23.2. The number of amides is 2. The van der Waals surface area contributed by atoms with Gasteiger partial charge in [0.15, 0.2) is 0 Å². The molecule has 2 amide bonds. The number of aromatic nitrogens is 2. The predicted octanol–water partition coefficient (Wildman–Crippen LogP) is 3.17. The van der Waals surface area contributed by atoms with Gasteiger partial charge in [-0.2, -0.15) is 5.10 Å². The van der Waals surface area contributed by atoms with Crippen molar-refractivity contribution in [3.63, 3.8) is 0 Å². The molecule has 126 valence electrons. The van der Waals surface area contributed by atoms with Gasteiger partial charge in [-0.25, -0.2) is 4.79 Å². The van der Waals surface area contributed by atoms with Crippen LogP contribution in [-0.4, -0.2) is 34.3 Å². The zero-order valence-corrected chi connectivity index (χ0v) is 13.6. The van der Waals surface area contributed by atoms with Crippen LogP contribution < -0.4 is 10.1 Å². The summed E-state index contributed by atoms with van der Waals surface area (Å²) in [5.74, 6) is 0.874. The fraction of sp³-hybridized carbons (Fsp3) is 0.444. The van der Waals surface area contributed by atoms with Gasteiger partial charge in [-0.15, -0.1) is 0 Å². The number of nitrogens with one attached hydrogen (secondary N) is 2. The lowest BCUT2D eigenvalue weighted by Gasteiger charge is -2.37. The van der Waals surface area contributed by atoms with E-state index in [1.807, 2.05) is 41.6 Å². The second kappa shape index (κ2) is 6.55. The van der Waals surface area contributed by atoms with E-state index in [0.29, 0.717) is 6.61 Å². The average Bonchev–Trinajstić information content (AvgIpc) is 3.16. The summed E-state index contributed by atoms with van der Waals surface area (Å²) in [6.07, 6.45) is 7.68. The maximum atomic E-state index is 12.9. The first kappa shape index (κ1) is 15.1. The molecule has 4 rings (SSSR count). The Balaban J connectivity index is 1.51. The first-order valence-electron chi connectivity index (χ1n) is 8.60. The second-order valence-corrected chi connectivity index (χ2v) is 6.41. The van der Waals surface area contributed by atoms with E-state index < -0.39 is 0 Å². The number of fused-ring (bicyclic) bond motifs is 1. The van der Waals surface area contributed by atoms with Crippen molar-refractivity contribution >= 4 is 6.03 Å². The monoisotopic (exact) mass is 326 g/mol. The number of ether oxygens (including phenoxy) is 1. The van der Waals surface area contributed by atoms with Gasteiger partial charge in [-0.3, -0.25) is 5.10 Å². The van der Waals surface area contributed by atoms with Crippen LogP contribution in [0.5, 0.6) is 5.75 Å². The van der Waals surface area contributed by atoms with E-state index in [1.165, 1.54) is 0 Å². The number of carbonyl (C=O) groups excluding carboxylic acids is 1. The SMILES string of the molecule is O=C(NC1CCOc2ccccc21)N1CCCCC1c1cn[nH]c1. The van der Waals surface area contributed by atoms with Gasteiger partial charge in [0, 0.05) is 30.3 Å². The van der Waals surface area contributed by atoms with E-state index >= 15 is 0 Å². The van der Waals surface area contributed by atoms with Crippen LogP contribution in [0.4, 0.5) is 4.79 Å². The third-order valence-corrected chi connectivity index (χ3v) is 4.92. The van der Waals surface area contributed by atoms with Gasteiger partial charge in [0.2, 0.25) is 0 Å². The van der Waals surface area contributed by atoms with Crippen molar-refractivity contribution in [1.82, 2.24) is 20.4 Å². The third kappa shape index (κ3) is 2.84. The topological polar surface area (TPSA) is 70.2 Å². The van der Waals surface area contributed by atoms with Crippen LogP contribution >= 0.6 is 0 Å². The van der Waals surface area contributed by atoms with Crippen LogP contribution in [0.3, 0.4) is 0 Å². The second-order valence-electron chi connectivity index (χ2n) is 6.41. The van der Waals surface area contributed by atoms with Crippen LogP contribution in [0, 0.1) is 0 Å². The fourth-order valence-corrected chi connectivity index (χ4v) is 3.69. The van der Waals surface area contributed by atoms with Crippen molar-refractivity contribution in [3.05, 3.63) is 47.8 Å². The quantitative estimate of drug-likeness (QED) is 0.890. The van der Waals surface area contributed by atoms with Gasteiger partial charge in [0.05, 0.1) is 24.9 Å². The van der Waals surface area contributed by atoms with Crippen LogP contribution in [0.1, 0.15) is 48.9 Å². The Morgan fingerprint density at radius 1 is 1.29 bits per heavy atom. The number of hydrogen-bond acceptors (Lipinski definition) is 3. The number of urea groups is 1. The van der Waals surface area contributed by atoms with Gasteiger partial charge in [0.1, 0.15) is 5.75 Å². The Morgan fingerprint density at radius 2 is 2.21 bits per heavy atom. The number of hydrogen-bond donors (Lipinski definition) is 2. The molecule has 0 bridgehead atoms. The average molecular weight is 326 g/mol. The Kier molecular flexibility index (Phi) is 4.11. The molecule has 3 heterocycles. The Bertz CT molecular complexity index is 701. The van der Waals surface area contributed by atoms with Crippen LogP contribution in [0.2, 0.25) is 0 Å². The summed E-state index contributed by atoms with van der Waals surface area (Å²) in [4.78, 5) is 14.9. The standard InChI is InChI=1S/C18H22N4O2/c23-18(21-15-8-10-24-17-7-2-1-5-14(15)17)22-9-4-3-6-16(22)13-11-19-20-12-13/h1-2,5,7,11-12,15-16H,3-4,6,8-10H2,(H,19,20)(H,21,23). The van der Waals surface area contributed by atoms with Gasteiger partial charge < -0.3 is 15.0 Å². The molecule has 6 heteroatoms. The first-order chi connectivity index (χ1) is 11.8.